The largest absolute Gasteiger partial charge is 0.312 e. The Labute approximate surface area is 128 Å². The van der Waals surface area contributed by atoms with E-state index in [0.717, 1.165) is 0 Å². The monoisotopic (exact) mass is 353 g/mol. The summed E-state index contributed by atoms with van der Waals surface area (Å²) in [5.74, 6) is 0.0107. The summed E-state index contributed by atoms with van der Waals surface area (Å²) in [6.45, 7) is 4.22. The summed E-state index contributed by atoms with van der Waals surface area (Å²) in [5.41, 5.74) is 0. The van der Waals surface area contributed by atoms with Crippen LogP contribution in [-0.4, -0.2) is 54.6 Å². The number of hydrogen-bond acceptors (Lipinski definition) is 7. The Bertz CT molecular complexity index is 383. The molecular formula is C10H24ClNO6S2. The highest BCUT2D eigenvalue weighted by atomic mass is 35.5. The maximum atomic E-state index is 11.2. The van der Waals surface area contributed by atoms with Gasteiger partial charge >= 0.3 is 0 Å². The van der Waals surface area contributed by atoms with Gasteiger partial charge in [-0.1, -0.05) is 13.8 Å². The molecule has 10 heteroatoms. The van der Waals surface area contributed by atoms with Crippen LogP contribution in [0.25, 0.3) is 0 Å². The minimum Gasteiger partial charge on any atom is -0.312 e. The minimum atomic E-state index is -3.42. The lowest BCUT2D eigenvalue weighted by atomic mass is 10.6. The molecule has 0 rings (SSSR count). The van der Waals surface area contributed by atoms with Crippen molar-refractivity contribution in [2.24, 2.45) is 0 Å². The van der Waals surface area contributed by atoms with Gasteiger partial charge in [0, 0.05) is 13.1 Å². The zero-order chi connectivity index (χ0) is 14.8. The van der Waals surface area contributed by atoms with Crippen molar-refractivity contribution in [1.29, 1.82) is 0 Å². The Morgan fingerprint density at radius 1 is 0.800 bits per heavy atom. The van der Waals surface area contributed by atoms with Crippen molar-refractivity contribution in [3.05, 3.63) is 0 Å². The van der Waals surface area contributed by atoms with Crippen molar-refractivity contribution < 1.29 is 25.2 Å². The number of halogens is 1. The van der Waals surface area contributed by atoms with Crippen molar-refractivity contribution >= 4 is 32.6 Å². The average Bonchev–Trinajstić information content (AvgIpc) is 2.27. The van der Waals surface area contributed by atoms with Gasteiger partial charge in [0.2, 0.25) is 0 Å². The zero-order valence-corrected chi connectivity index (χ0v) is 14.3. The quantitative estimate of drug-likeness (QED) is 0.403. The van der Waals surface area contributed by atoms with Crippen LogP contribution in [0.2, 0.25) is 0 Å². The molecule has 0 bridgehead atoms. The molecule has 0 heterocycles. The molecule has 0 amide bonds. The highest BCUT2D eigenvalue weighted by Gasteiger charge is 2.09. The molecule has 20 heavy (non-hydrogen) atoms. The van der Waals surface area contributed by atoms with Gasteiger partial charge in [-0.25, -0.2) is 0 Å². The molecule has 0 aliphatic carbocycles. The smallest absolute Gasteiger partial charge is 0.267 e. The molecule has 0 atom stereocenters. The highest BCUT2D eigenvalue weighted by molar-refractivity contribution is 7.86. The zero-order valence-electron chi connectivity index (χ0n) is 11.8. The number of rotatable bonds is 12. The third kappa shape index (κ3) is 13.1. The maximum absolute atomic E-state index is 11.2. The SMILES string of the molecule is CCCS(=O)(=O)OCCNCCOS(=O)(=O)CCC.Cl. The van der Waals surface area contributed by atoms with E-state index in [-0.39, 0.29) is 37.1 Å². The molecule has 0 spiro atoms. The lowest BCUT2D eigenvalue weighted by molar-refractivity contribution is 0.292. The van der Waals surface area contributed by atoms with Gasteiger partial charge in [0.1, 0.15) is 0 Å². The first kappa shape index (κ1) is 22.4. The standard InChI is InChI=1S/C10H23NO6S2.ClH/c1-3-9-18(12,13)16-7-5-11-6-8-17-19(14,15)10-4-2;/h11H,3-10H2,1-2H3;1H. The number of hydrogen-bond donors (Lipinski definition) is 1. The Balaban J connectivity index is 0. The van der Waals surface area contributed by atoms with Gasteiger partial charge in [-0.3, -0.25) is 8.37 Å². The molecule has 0 radical (unpaired) electrons. The van der Waals surface area contributed by atoms with E-state index < -0.39 is 20.2 Å². The minimum absolute atomic E-state index is 0. The van der Waals surface area contributed by atoms with E-state index >= 15 is 0 Å². The first-order chi connectivity index (χ1) is 8.83. The molecule has 0 saturated carbocycles. The molecule has 0 aromatic rings. The molecule has 0 aromatic carbocycles. The second-order valence-electron chi connectivity index (χ2n) is 3.92. The van der Waals surface area contributed by atoms with E-state index in [4.69, 9.17) is 8.37 Å². The lowest BCUT2D eigenvalue weighted by Gasteiger charge is -2.07. The second kappa shape index (κ2) is 11.7. The fourth-order valence-corrected chi connectivity index (χ4v) is 3.13. The third-order valence-electron chi connectivity index (χ3n) is 1.99. The summed E-state index contributed by atoms with van der Waals surface area (Å²) in [5, 5.41) is 2.84. The van der Waals surface area contributed by atoms with Gasteiger partial charge in [-0.15, -0.1) is 12.4 Å². The van der Waals surface area contributed by atoms with Crippen LogP contribution in [0.15, 0.2) is 0 Å². The Hall–Kier alpha value is 0.0700. The van der Waals surface area contributed by atoms with Crippen LogP contribution in [-0.2, 0) is 28.6 Å². The molecule has 0 saturated heterocycles. The molecule has 124 valence electrons. The molecule has 1 N–H and O–H groups in total. The van der Waals surface area contributed by atoms with Crippen LogP contribution in [0.3, 0.4) is 0 Å². The van der Waals surface area contributed by atoms with Crippen LogP contribution in [0.1, 0.15) is 26.7 Å². The second-order valence-corrected chi connectivity index (χ2v) is 7.44. The van der Waals surface area contributed by atoms with Gasteiger partial charge in [0.05, 0.1) is 24.7 Å². The van der Waals surface area contributed by atoms with Crippen LogP contribution in [0.5, 0.6) is 0 Å². The van der Waals surface area contributed by atoms with E-state index in [9.17, 15) is 16.8 Å². The summed E-state index contributed by atoms with van der Waals surface area (Å²) < 4.78 is 54.1. The predicted octanol–water partition coefficient (Wildman–Crippen LogP) is 0.511. The molecule has 7 nitrogen and oxygen atoms in total. The number of nitrogens with one attached hydrogen (secondary N) is 1. The highest BCUT2D eigenvalue weighted by Crippen LogP contribution is 1.96. The lowest BCUT2D eigenvalue weighted by Crippen LogP contribution is -2.26. The van der Waals surface area contributed by atoms with Crippen LogP contribution in [0.4, 0.5) is 0 Å². The fourth-order valence-electron chi connectivity index (χ4n) is 1.22. The van der Waals surface area contributed by atoms with Gasteiger partial charge in [0.25, 0.3) is 20.2 Å². The average molecular weight is 354 g/mol. The summed E-state index contributed by atoms with van der Waals surface area (Å²) in [4.78, 5) is 0. The van der Waals surface area contributed by atoms with Crippen molar-refractivity contribution in [1.82, 2.24) is 5.32 Å². The van der Waals surface area contributed by atoms with Gasteiger partial charge in [0.15, 0.2) is 0 Å². The molecule has 0 unspecified atom stereocenters. The van der Waals surface area contributed by atoms with Crippen molar-refractivity contribution in [3.8, 4) is 0 Å². The Kier molecular flexibility index (Phi) is 13.1. The first-order valence-electron chi connectivity index (χ1n) is 6.28. The normalized spacial score (nSPS) is 12.1. The van der Waals surface area contributed by atoms with E-state index in [1.165, 1.54) is 0 Å². The summed E-state index contributed by atoms with van der Waals surface area (Å²) in [6, 6.07) is 0. The molecule has 0 aromatic heterocycles. The summed E-state index contributed by atoms with van der Waals surface area (Å²) in [6.07, 6.45) is 1.03. The topological polar surface area (TPSA) is 98.8 Å². The molecule has 0 fully saturated rings. The Morgan fingerprint density at radius 3 is 1.45 bits per heavy atom. The molecular weight excluding hydrogens is 330 g/mol. The van der Waals surface area contributed by atoms with Gasteiger partial charge in [-0.05, 0) is 12.8 Å². The summed E-state index contributed by atoms with van der Waals surface area (Å²) >= 11 is 0. The van der Waals surface area contributed by atoms with Crippen LogP contribution < -0.4 is 5.32 Å². The van der Waals surface area contributed by atoms with Crippen molar-refractivity contribution in [3.63, 3.8) is 0 Å². The molecule has 0 aliphatic heterocycles. The van der Waals surface area contributed by atoms with Crippen LogP contribution in [0, 0.1) is 0 Å². The molecule has 0 aliphatic rings. The van der Waals surface area contributed by atoms with E-state index in [1.807, 2.05) is 0 Å². The van der Waals surface area contributed by atoms with E-state index in [1.54, 1.807) is 13.8 Å². The van der Waals surface area contributed by atoms with Crippen LogP contribution >= 0.6 is 12.4 Å². The maximum Gasteiger partial charge on any atom is 0.267 e. The van der Waals surface area contributed by atoms with Gasteiger partial charge in [-0.2, -0.15) is 16.8 Å². The van der Waals surface area contributed by atoms with E-state index in [2.05, 4.69) is 5.32 Å². The fraction of sp³-hybridized carbons (Fsp3) is 1.00. The van der Waals surface area contributed by atoms with Crippen molar-refractivity contribution in [2.75, 3.05) is 37.8 Å². The first-order valence-corrected chi connectivity index (χ1v) is 9.43. The van der Waals surface area contributed by atoms with Crippen molar-refractivity contribution in [2.45, 2.75) is 26.7 Å². The third-order valence-corrected chi connectivity index (χ3v) is 4.86. The summed E-state index contributed by atoms with van der Waals surface area (Å²) in [7, 11) is -6.84. The van der Waals surface area contributed by atoms with Gasteiger partial charge < -0.3 is 5.32 Å². The Morgan fingerprint density at radius 2 is 1.15 bits per heavy atom. The van der Waals surface area contributed by atoms with E-state index in [0.29, 0.717) is 25.9 Å². The predicted molar refractivity (Wildman–Crippen MR) is 80.2 cm³/mol.